The van der Waals surface area contributed by atoms with Crippen molar-refractivity contribution in [1.82, 2.24) is 4.90 Å². The summed E-state index contributed by atoms with van der Waals surface area (Å²) in [6.07, 6.45) is 2.12. The molecule has 2 heterocycles. The molecule has 0 radical (unpaired) electrons. The number of fused-ring (bicyclic) bond motifs is 1. The monoisotopic (exact) mass is 279 g/mol. The summed E-state index contributed by atoms with van der Waals surface area (Å²) in [5.41, 5.74) is 1.08. The van der Waals surface area contributed by atoms with E-state index in [0.717, 1.165) is 37.4 Å². The Morgan fingerprint density at radius 3 is 2.74 bits per heavy atom. The number of ketones is 1. The highest BCUT2D eigenvalue weighted by Crippen LogP contribution is 2.30. The second-order valence-electron chi connectivity index (χ2n) is 5.01. The molecular formula is C14H17NO3S. The highest BCUT2D eigenvalue weighted by molar-refractivity contribution is 7.99. The van der Waals surface area contributed by atoms with Gasteiger partial charge in [-0.15, -0.1) is 0 Å². The average molecular weight is 279 g/mol. The van der Waals surface area contributed by atoms with E-state index in [1.165, 1.54) is 0 Å². The van der Waals surface area contributed by atoms with Gasteiger partial charge in [-0.25, -0.2) is 0 Å². The molecule has 3 rings (SSSR count). The lowest BCUT2D eigenvalue weighted by atomic mass is 9.93. The lowest BCUT2D eigenvalue weighted by Crippen LogP contribution is -2.38. The number of aryl methyl sites for hydroxylation is 2. The first-order chi connectivity index (χ1) is 9.18. The zero-order valence-corrected chi connectivity index (χ0v) is 11.8. The van der Waals surface area contributed by atoms with Crippen LogP contribution in [0.5, 0.6) is 0 Å². The second kappa shape index (κ2) is 5.04. The molecule has 4 nitrogen and oxygen atoms in total. The van der Waals surface area contributed by atoms with E-state index in [0.29, 0.717) is 29.1 Å². The van der Waals surface area contributed by atoms with Crippen molar-refractivity contribution in [1.29, 1.82) is 0 Å². The fraction of sp³-hybridized carbons (Fsp3) is 0.571. The highest BCUT2D eigenvalue weighted by Gasteiger charge is 2.32. The molecule has 0 unspecified atom stereocenters. The summed E-state index contributed by atoms with van der Waals surface area (Å²) in [5.74, 6) is 3.29. The van der Waals surface area contributed by atoms with E-state index in [-0.39, 0.29) is 11.7 Å². The van der Waals surface area contributed by atoms with Crippen molar-refractivity contribution < 1.29 is 14.0 Å². The predicted octanol–water partition coefficient (Wildman–Crippen LogP) is 2.30. The molecule has 2 aliphatic rings. The van der Waals surface area contributed by atoms with Gasteiger partial charge in [0.05, 0.1) is 11.1 Å². The maximum atomic E-state index is 12.6. The minimum Gasteiger partial charge on any atom is -0.465 e. The van der Waals surface area contributed by atoms with Gasteiger partial charge in [-0.3, -0.25) is 9.59 Å². The number of carbonyl (C=O) groups excluding carboxylic acids is 2. The van der Waals surface area contributed by atoms with Gasteiger partial charge in [0, 0.05) is 37.4 Å². The molecule has 5 heteroatoms. The van der Waals surface area contributed by atoms with Crippen molar-refractivity contribution in [3.63, 3.8) is 0 Å². The lowest BCUT2D eigenvalue weighted by molar-refractivity contribution is 0.0765. The van der Waals surface area contributed by atoms with Gasteiger partial charge in [0.2, 0.25) is 0 Å². The Labute approximate surface area is 116 Å². The van der Waals surface area contributed by atoms with E-state index in [1.54, 1.807) is 6.92 Å². The van der Waals surface area contributed by atoms with Crippen LogP contribution >= 0.6 is 11.8 Å². The number of Topliss-reactive ketones (excluding diaryl/α,β-unsaturated/α-hetero) is 1. The fourth-order valence-corrected chi connectivity index (χ4v) is 3.69. The molecule has 1 amide bonds. The zero-order valence-electron chi connectivity index (χ0n) is 11.0. The van der Waals surface area contributed by atoms with Gasteiger partial charge in [-0.2, -0.15) is 11.8 Å². The van der Waals surface area contributed by atoms with Crippen LogP contribution in [0.4, 0.5) is 0 Å². The topological polar surface area (TPSA) is 50.5 Å². The van der Waals surface area contributed by atoms with E-state index < -0.39 is 0 Å². The first-order valence-electron chi connectivity index (χ1n) is 6.71. The van der Waals surface area contributed by atoms with Crippen molar-refractivity contribution in [2.75, 3.05) is 24.6 Å². The van der Waals surface area contributed by atoms with Crippen molar-refractivity contribution in [3.05, 3.63) is 22.6 Å². The van der Waals surface area contributed by atoms with Crippen LogP contribution < -0.4 is 0 Å². The molecule has 1 aromatic rings. The summed E-state index contributed by atoms with van der Waals surface area (Å²) in [7, 11) is 0. The molecular weight excluding hydrogens is 262 g/mol. The molecule has 1 fully saturated rings. The number of amides is 1. The molecule has 0 bridgehead atoms. The van der Waals surface area contributed by atoms with E-state index in [1.807, 2.05) is 16.7 Å². The third kappa shape index (κ3) is 2.20. The van der Waals surface area contributed by atoms with Crippen LogP contribution in [-0.2, 0) is 6.42 Å². The van der Waals surface area contributed by atoms with Crippen molar-refractivity contribution in [2.24, 2.45) is 0 Å². The Bertz CT molecular complexity index is 529. The molecule has 1 saturated heterocycles. The number of carbonyl (C=O) groups is 2. The molecule has 0 N–H and O–H groups in total. The second-order valence-corrected chi connectivity index (χ2v) is 6.24. The van der Waals surface area contributed by atoms with Gasteiger partial charge in [0.25, 0.3) is 5.91 Å². The quantitative estimate of drug-likeness (QED) is 0.791. The van der Waals surface area contributed by atoms with Crippen molar-refractivity contribution >= 4 is 23.5 Å². The Hall–Kier alpha value is -1.23. The van der Waals surface area contributed by atoms with E-state index >= 15 is 0 Å². The first-order valence-corrected chi connectivity index (χ1v) is 7.86. The third-order valence-electron chi connectivity index (χ3n) is 3.76. The molecule has 1 aliphatic heterocycles. The molecule has 1 aliphatic carbocycles. The molecule has 0 atom stereocenters. The van der Waals surface area contributed by atoms with Gasteiger partial charge in [-0.05, 0) is 13.3 Å². The molecule has 0 aromatic carbocycles. The summed E-state index contributed by atoms with van der Waals surface area (Å²) in [6.45, 7) is 3.31. The molecule has 19 heavy (non-hydrogen) atoms. The van der Waals surface area contributed by atoms with Crippen LogP contribution in [-0.4, -0.2) is 41.2 Å². The minimum atomic E-state index is -0.0296. The standard InChI is InChI=1S/C14H17NO3S/c1-9-12(14(17)15-5-7-19-8-6-15)13-10(16)3-2-4-11(13)18-9/h2-8H2,1H3. The summed E-state index contributed by atoms with van der Waals surface area (Å²) < 4.78 is 5.65. The van der Waals surface area contributed by atoms with Crippen LogP contribution in [0.3, 0.4) is 0 Å². The van der Waals surface area contributed by atoms with Gasteiger partial charge < -0.3 is 9.32 Å². The molecule has 102 valence electrons. The Balaban J connectivity index is 1.97. The smallest absolute Gasteiger partial charge is 0.258 e. The predicted molar refractivity (Wildman–Crippen MR) is 73.9 cm³/mol. The number of hydrogen-bond acceptors (Lipinski definition) is 4. The summed E-state index contributed by atoms with van der Waals surface area (Å²) in [6, 6.07) is 0. The largest absolute Gasteiger partial charge is 0.465 e. The van der Waals surface area contributed by atoms with Crippen molar-refractivity contribution in [3.8, 4) is 0 Å². The van der Waals surface area contributed by atoms with Crippen molar-refractivity contribution in [2.45, 2.75) is 26.2 Å². The average Bonchev–Trinajstić information content (AvgIpc) is 2.76. The van der Waals surface area contributed by atoms with Crippen LogP contribution in [0.2, 0.25) is 0 Å². The van der Waals surface area contributed by atoms with Crippen LogP contribution in [0.1, 0.15) is 45.1 Å². The Kier molecular flexibility index (Phi) is 3.39. The van der Waals surface area contributed by atoms with E-state index in [4.69, 9.17) is 4.42 Å². The summed E-state index contributed by atoms with van der Waals surface area (Å²) in [5, 5.41) is 0. The third-order valence-corrected chi connectivity index (χ3v) is 4.70. The fourth-order valence-electron chi connectivity index (χ4n) is 2.79. The molecule has 0 saturated carbocycles. The van der Waals surface area contributed by atoms with Crippen LogP contribution in [0.25, 0.3) is 0 Å². The number of rotatable bonds is 1. The maximum absolute atomic E-state index is 12.6. The molecule has 0 spiro atoms. The van der Waals surface area contributed by atoms with E-state index in [2.05, 4.69) is 0 Å². The SMILES string of the molecule is Cc1oc2c(c1C(=O)N1CCSCC1)C(=O)CCC2. The number of furan rings is 1. The highest BCUT2D eigenvalue weighted by atomic mass is 32.2. The van der Waals surface area contributed by atoms with Crippen LogP contribution in [0, 0.1) is 6.92 Å². The van der Waals surface area contributed by atoms with Gasteiger partial charge in [0.15, 0.2) is 5.78 Å². The normalized spacial score (nSPS) is 19.4. The number of hydrogen-bond donors (Lipinski definition) is 0. The Morgan fingerprint density at radius 2 is 2.00 bits per heavy atom. The van der Waals surface area contributed by atoms with Crippen LogP contribution in [0.15, 0.2) is 4.42 Å². The summed E-state index contributed by atoms with van der Waals surface area (Å²) >= 11 is 1.86. The lowest BCUT2D eigenvalue weighted by Gasteiger charge is -2.26. The molecule has 1 aromatic heterocycles. The van der Waals surface area contributed by atoms with E-state index in [9.17, 15) is 9.59 Å². The number of nitrogens with zero attached hydrogens (tertiary/aromatic N) is 1. The summed E-state index contributed by atoms with van der Waals surface area (Å²) in [4.78, 5) is 26.5. The first kappa shape index (κ1) is 12.8. The zero-order chi connectivity index (χ0) is 13.4. The van der Waals surface area contributed by atoms with Gasteiger partial charge in [0.1, 0.15) is 11.5 Å². The van der Waals surface area contributed by atoms with Gasteiger partial charge >= 0.3 is 0 Å². The Morgan fingerprint density at radius 1 is 1.26 bits per heavy atom. The maximum Gasteiger partial charge on any atom is 0.258 e. The van der Waals surface area contributed by atoms with Gasteiger partial charge in [-0.1, -0.05) is 0 Å². The number of thioether (sulfide) groups is 1. The minimum absolute atomic E-state index is 0.0296.